The van der Waals surface area contributed by atoms with Crippen LogP contribution in [0.3, 0.4) is 0 Å². The summed E-state index contributed by atoms with van der Waals surface area (Å²) in [4.78, 5) is 13.9. The molecule has 130 valence electrons. The van der Waals surface area contributed by atoms with Crippen molar-refractivity contribution in [1.82, 2.24) is 4.90 Å². The summed E-state index contributed by atoms with van der Waals surface area (Å²) in [5, 5.41) is 10.7. The molecule has 0 aromatic rings. The Morgan fingerprint density at radius 2 is 1.45 bits per heavy atom. The molecule has 1 amide bonds. The molecule has 0 radical (unpaired) electrons. The fraction of sp³-hybridized carbons (Fsp3) is 0.833. The highest BCUT2D eigenvalue weighted by molar-refractivity contribution is 5.69. The molecule has 22 heavy (non-hydrogen) atoms. The van der Waals surface area contributed by atoms with E-state index in [-0.39, 0.29) is 24.1 Å². The third-order valence-electron chi connectivity index (χ3n) is 5.04. The van der Waals surface area contributed by atoms with Crippen molar-refractivity contribution < 1.29 is 14.6 Å². The zero-order chi connectivity index (χ0) is 17.9. The number of aliphatic hydroxyl groups is 1. The van der Waals surface area contributed by atoms with Crippen LogP contribution in [0.25, 0.3) is 0 Å². The number of ether oxygens (including phenoxy) is 1. The minimum absolute atomic E-state index is 0.0768. The lowest BCUT2D eigenvalue weighted by Gasteiger charge is -2.43. The van der Waals surface area contributed by atoms with Gasteiger partial charge < -0.3 is 14.7 Å². The highest BCUT2D eigenvalue weighted by atomic mass is 16.5. The van der Waals surface area contributed by atoms with E-state index >= 15 is 0 Å². The Hall–Kier alpha value is -1.03. The molecular formula is C18H35NO3. The Morgan fingerprint density at radius 3 is 1.77 bits per heavy atom. The van der Waals surface area contributed by atoms with Gasteiger partial charge in [0.05, 0.1) is 11.9 Å². The van der Waals surface area contributed by atoms with Crippen LogP contribution >= 0.6 is 0 Å². The number of hydrogen-bond donors (Lipinski definition) is 1. The number of nitrogens with zero attached hydrogens (tertiary/aromatic N) is 1. The minimum Gasteiger partial charge on any atom is -0.418 e. The summed E-state index contributed by atoms with van der Waals surface area (Å²) >= 11 is 0. The average molecular weight is 313 g/mol. The third-order valence-corrected chi connectivity index (χ3v) is 5.04. The normalized spacial score (nSPS) is 16.2. The van der Waals surface area contributed by atoms with Crippen molar-refractivity contribution in [3.05, 3.63) is 11.8 Å². The van der Waals surface area contributed by atoms with E-state index in [1.165, 1.54) is 6.26 Å². The summed E-state index contributed by atoms with van der Waals surface area (Å²) < 4.78 is 5.36. The smallest absolute Gasteiger partial charge is 0.415 e. The standard InChI is InChI=1S/C18H35NO3/c1-12(2)18(10,21)17(8,9)15(7)11-22-16(20)19(13(3)4)14(5)6/h11-14,21H,1-10H3/b15-11-. The fourth-order valence-corrected chi connectivity index (χ4v) is 2.49. The summed E-state index contributed by atoms with van der Waals surface area (Å²) in [6.45, 7) is 19.5. The van der Waals surface area contributed by atoms with Gasteiger partial charge in [0.25, 0.3) is 0 Å². The first-order chi connectivity index (χ1) is 9.76. The second-order valence-corrected chi connectivity index (χ2v) is 7.71. The lowest BCUT2D eigenvalue weighted by molar-refractivity contribution is -0.0703. The Morgan fingerprint density at radius 1 is 1.05 bits per heavy atom. The number of rotatable bonds is 6. The fourth-order valence-electron chi connectivity index (χ4n) is 2.49. The van der Waals surface area contributed by atoms with Crippen LogP contribution in [0.4, 0.5) is 4.79 Å². The molecule has 1 unspecified atom stereocenters. The van der Waals surface area contributed by atoms with Crippen LogP contribution in [-0.2, 0) is 4.74 Å². The van der Waals surface area contributed by atoms with Gasteiger partial charge in [-0.1, -0.05) is 27.7 Å². The molecule has 0 rings (SSSR count). The second kappa shape index (κ2) is 7.49. The van der Waals surface area contributed by atoms with Crippen molar-refractivity contribution in [2.75, 3.05) is 0 Å². The SMILES string of the molecule is C/C(=C/OC(=O)N(C(C)C)C(C)C)C(C)(C)C(C)(O)C(C)C. The molecule has 0 saturated heterocycles. The van der Waals surface area contributed by atoms with E-state index < -0.39 is 11.0 Å². The maximum absolute atomic E-state index is 12.2. The van der Waals surface area contributed by atoms with Gasteiger partial charge in [0.1, 0.15) is 0 Å². The summed E-state index contributed by atoms with van der Waals surface area (Å²) in [6, 6.07) is 0.154. The van der Waals surface area contributed by atoms with E-state index in [0.29, 0.717) is 0 Å². The second-order valence-electron chi connectivity index (χ2n) is 7.71. The van der Waals surface area contributed by atoms with E-state index in [4.69, 9.17) is 4.74 Å². The van der Waals surface area contributed by atoms with Crippen LogP contribution in [0, 0.1) is 11.3 Å². The van der Waals surface area contributed by atoms with Crippen molar-refractivity contribution in [1.29, 1.82) is 0 Å². The van der Waals surface area contributed by atoms with Crippen LogP contribution < -0.4 is 0 Å². The van der Waals surface area contributed by atoms with Gasteiger partial charge >= 0.3 is 6.09 Å². The molecule has 0 aromatic carbocycles. The highest BCUT2D eigenvalue weighted by Gasteiger charge is 2.43. The first-order valence-electron chi connectivity index (χ1n) is 8.15. The van der Waals surface area contributed by atoms with Gasteiger partial charge in [-0.2, -0.15) is 0 Å². The van der Waals surface area contributed by atoms with Gasteiger partial charge in [-0.05, 0) is 53.0 Å². The first-order valence-corrected chi connectivity index (χ1v) is 8.15. The zero-order valence-electron chi connectivity index (χ0n) is 16.0. The van der Waals surface area contributed by atoms with Crippen LogP contribution in [0.5, 0.6) is 0 Å². The van der Waals surface area contributed by atoms with Gasteiger partial charge in [-0.15, -0.1) is 0 Å². The molecule has 0 saturated carbocycles. The number of carbonyl (C=O) groups is 1. The maximum Gasteiger partial charge on any atom is 0.415 e. The van der Waals surface area contributed by atoms with Gasteiger partial charge in [-0.25, -0.2) is 4.79 Å². The lowest BCUT2D eigenvalue weighted by Crippen LogP contribution is -2.47. The van der Waals surface area contributed by atoms with Gasteiger partial charge in [0, 0.05) is 17.5 Å². The molecule has 0 spiro atoms. The van der Waals surface area contributed by atoms with Crippen LogP contribution in [-0.4, -0.2) is 33.8 Å². The summed E-state index contributed by atoms with van der Waals surface area (Å²) in [7, 11) is 0. The van der Waals surface area contributed by atoms with Crippen molar-refractivity contribution in [2.24, 2.45) is 11.3 Å². The largest absolute Gasteiger partial charge is 0.418 e. The molecule has 0 aromatic heterocycles. The van der Waals surface area contributed by atoms with Gasteiger partial charge in [0.2, 0.25) is 0 Å². The average Bonchev–Trinajstić information content (AvgIpc) is 2.34. The molecule has 0 bridgehead atoms. The molecule has 0 aliphatic heterocycles. The molecule has 0 heterocycles. The highest BCUT2D eigenvalue weighted by Crippen LogP contribution is 2.42. The van der Waals surface area contributed by atoms with E-state index in [0.717, 1.165) is 5.57 Å². The molecule has 0 aliphatic carbocycles. The molecule has 0 aliphatic rings. The Bertz CT molecular complexity index is 399. The number of hydrogen-bond acceptors (Lipinski definition) is 3. The molecule has 1 atom stereocenters. The van der Waals surface area contributed by atoms with Crippen molar-refractivity contribution in [3.8, 4) is 0 Å². The van der Waals surface area contributed by atoms with Gasteiger partial charge in [0.15, 0.2) is 0 Å². The Balaban J connectivity index is 5.20. The topological polar surface area (TPSA) is 49.8 Å². The van der Waals surface area contributed by atoms with E-state index in [1.807, 2.05) is 69.2 Å². The Labute approximate surface area is 136 Å². The van der Waals surface area contributed by atoms with Crippen LogP contribution in [0.2, 0.25) is 0 Å². The number of amides is 1. The number of carbonyl (C=O) groups excluding carboxylic acids is 1. The Kier molecular flexibility index (Phi) is 7.14. The van der Waals surface area contributed by atoms with Gasteiger partial charge in [-0.3, -0.25) is 0 Å². The predicted octanol–water partition coefficient (Wildman–Crippen LogP) is 4.58. The molecule has 4 heteroatoms. The van der Waals surface area contributed by atoms with Crippen molar-refractivity contribution in [2.45, 2.75) is 86.9 Å². The molecular weight excluding hydrogens is 278 g/mol. The van der Waals surface area contributed by atoms with Crippen molar-refractivity contribution >= 4 is 6.09 Å². The van der Waals surface area contributed by atoms with Crippen LogP contribution in [0.15, 0.2) is 11.8 Å². The van der Waals surface area contributed by atoms with Crippen molar-refractivity contribution in [3.63, 3.8) is 0 Å². The molecule has 0 fully saturated rings. The van der Waals surface area contributed by atoms with E-state index in [2.05, 4.69) is 0 Å². The molecule has 4 nitrogen and oxygen atoms in total. The van der Waals surface area contributed by atoms with Crippen LogP contribution in [0.1, 0.15) is 69.2 Å². The van der Waals surface area contributed by atoms with E-state index in [9.17, 15) is 9.90 Å². The summed E-state index contributed by atoms with van der Waals surface area (Å²) in [6.07, 6.45) is 1.13. The quantitative estimate of drug-likeness (QED) is 0.730. The summed E-state index contributed by atoms with van der Waals surface area (Å²) in [5.41, 5.74) is -0.551. The predicted molar refractivity (Wildman–Crippen MR) is 91.6 cm³/mol. The van der Waals surface area contributed by atoms with E-state index in [1.54, 1.807) is 4.90 Å². The monoisotopic (exact) mass is 313 g/mol. The first kappa shape index (κ1) is 21.0. The zero-order valence-corrected chi connectivity index (χ0v) is 16.0. The maximum atomic E-state index is 12.2. The minimum atomic E-state index is -0.893. The summed E-state index contributed by atoms with van der Waals surface area (Å²) in [5.74, 6) is 0.0874. The lowest BCUT2D eigenvalue weighted by atomic mass is 9.66. The molecule has 1 N–H and O–H groups in total. The third kappa shape index (κ3) is 4.48.